The monoisotopic (exact) mass is 383 g/mol. The molecule has 1 aromatic carbocycles. The van der Waals surface area contributed by atoms with Crippen LogP contribution in [0.15, 0.2) is 0 Å². The summed E-state index contributed by atoms with van der Waals surface area (Å²) in [6.45, 7) is 8.12. The molecule has 1 heterocycles. The maximum atomic E-state index is 6.37. The second kappa shape index (κ2) is 7.46. The molecule has 2 nitrogen and oxygen atoms in total. The summed E-state index contributed by atoms with van der Waals surface area (Å²) in [6, 6.07) is 0.590. The van der Waals surface area contributed by atoms with Gasteiger partial charge in [0.2, 0.25) is 0 Å². The Balaban J connectivity index is 2.11. The zero-order valence-electron chi connectivity index (χ0n) is 13.3. The van der Waals surface area contributed by atoms with Gasteiger partial charge in [-0.1, -0.05) is 60.3 Å². The average molecular weight is 385 g/mol. The highest BCUT2D eigenvalue weighted by Gasteiger charge is 2.37. The molecule has 0 unspecified atom stereocenters. The molecule has 0 fully saturated rings. The molecule has 124 valence electrons. The number of hydrogen-bond donors (Lipinski definition) is 1. The van der Waals surface area contributed by atoms with Gasteiger partial charge in [-0.05, 0) is 12.8 Å². The molecule has 1 N–H and O–H groups in total. The van der Waals surface area contributed by atoms with Crippen molar-refractivity contribution in [2.45, 2.75) is 45.8 Å². The Morgan fingerprint density at radius 1 is 0.909 bits per heavy atom. The van der Waals surface area contributed by atoms with E-state index >= 15 is 0 Å². The minimum atomic E-state index is 0.371. The Labute approximate surface area is 153 Å². The van der Waals surface area contributed by atoms with Gasteiger partial charge in [0.05, 0.1) is 33.7 Å². The maximum Gasteiger partial charge on any atom is 0.107 e. The van der Waals surface area contributed by atoms with Gasteiger partial charge in [-0.25, -0.2) is 0 Å². The Kier molecular flexibility index (Phi) is 6.32. The predicted octanol–water partition coefficient (Wildman–Crippen LogP) is 5.54. The van der Waals surface area contributed by atoms with Crippen LogP contribution in [0.4, 0.5) is 0 Å². The minimum Gasteiger partial charge on any atom is -0.317 e. The number of rotatable bonds is 6. The Bertz CT molecular complexity index is 519. The first kappa shape index (κ1) is 18.6. The van der Waals surface area contributed by atoms with E-state index < -0.39 is 0 Å². The van der Waals surface area contributed by atoms with Gasteiger partial charge in [-0.3, -0.25) is 0 Å². The Morgan fingerprint density at radius 2 is 1.36 bits per heavy atom. The molecule has 0 radical (unpaired) electrons. The summed E-state index contributed by atoms with van der Waals surface area (Å²) in [4.78, 5) is 0. The molecule has 22 heavy (non-hydrogen) atoms. The lowest BCUT2D eigenvalue weighted by Gasteiger charge is -2.30. The molecule has 0 aromatic heterocycles. The summed E-state index contributed by atoms with van der Waals surface area (Å²) < 4.78 is 0.874. The zero-order chi connectivity index (χ0) is 16.5. The number of halogens is 4. The van der Waals surface area contributed by atoms with Gasteiger partial charge in [0.15, 0.2) is 0 Å². The number of likely N-dealkylation sites (N-methyl/N-ethyl adjacent to an activating group) is 1. The molecule has 1 aliphatic heterocycles. The molecule has 0 spiro atoms. The van der Waals surface area contributed by atoms with E-state index in [0.29, 0.717) is 26.1 Å². The summed E-state index contributed by atoms with van der Waals surface area (Å²) >= 11 is 25.1. The van der Waals surface area contributed by atoms with Gasteiger partial charge in [0.25, 0.3) is 0 Å². The molecule has 6 heteroatoms. The van der Waals surface area contributed by atoms with E-state index in [-0.39, 0.29) is 0 Å². The van der Waals surface area contributed by atoms with Gasteiger partial charge in [0.1, 0.15) is 13.1 Å². The molecule has 0 aliphatic carbocycles. The molecule has 0 saturated heterocycles. The Hall–Kier alpha value is 0.300. The van der Waals surface area contributed by atoms with Crippen LogP contribution in [-0.4, -0.2) is 30.7 Å². The lowest BCUT2D eigenvalue weighted by atomic mass is 10.1. The van der Waals surface area contributed by atoms with Crippen molar-refractivity contribution in [2.75, 3.05) is 20.1 Å². The molecule has 0 saturated carbocycles. The van der Waals surface area contributed by atoms with E-state index in [1.165, 1.54) is 0 Å². The lowest BCUT2D eigenvalue weighted by molar-refractivity contribution is -0.927. The number of hydrogen-bond acceptors (Lipinski definition) is 1. The molecular weight excluding hydrogens is 362 g/mol. The molecule has 0 amide bonds. The van der Waals surface area contributed by atoms with Crippen molar-refractivity contribution in [3.63, 3.8) is 0 Å². The first-order valence-corrected chi connectivity index (χ1v) is 9.24. The van der Waals surface area contributed by atoms with Crippen molar-refractivity contribution in [1.29, 1.82) is 0 Å². The fraction of sp³-hybridized carbons (Fsp3) is 0.625. The number of benzene rings is 1. The SMILES string of the molecule is CCC(CC)NCC[N+]1(C)Cc2c(Cl)c(Cl)c(Cl)c(Cl)c2C1. The van der Waals surface area contributed by atoms with Gasteiger partial charge < -0.3 is 9.80 Å². The van der Waals surface area contributed by atoms with Crippen LogP contribution < -0.4 is 5.32 Å². The van der Waals surface area contributed by atoms with Crippen molar-refractivity contribution in [3.8, 4) is 0 Å². The van der Waals surface area contributed by atoms with Crippen molar-refractivity contribution in [3.05, 3.63) is 31.2 Å². The van der Waals surface area contributed by atoms with Gasteiger partial charge in [-0.2, -0.15) is 0 Å². The molecule has 0 bridgehead atoms. The fourth-order valence-electron chi connectivity index (χ4n) is 3.15. The van der Waals surface area contributed by atoms with Crippen LogP contribution in [0.3, 0.4) is 0 Å². The van der Waals surface area contributed by atoms with E-state index in [0.717, 1.165) is 54.6 Å². The normalized spacial score (nSPS) is 16.4. The molecule has 1 aromatic rings. The van der Waals surface area contributed by atoms with Crippen molar-refractivity contribution < 1.29 is 4.48 Å². The summed E-state index contributed by atoms with van der Waals surface area (Å²) in [5.41, 5.74) is 2.09. The van der Waals surface area contributed by atoms with Crippen LogP contribution in [0.5, 0.6) is 0 Å². The molecule has 2 rings (SSSR count). The van der Waals surface area contributed by atoms with Crippen LogP contribution in [0.2, 0.25) is 20.1 Å². The third kappa shape index (κ3) is 3.68. The first-order valence-electron chi connectivity index (χ1n) is 7.73. The number of nitrogens with zero attached hydrogens (tertiary/aromatic N) is 1. The van der Waals surface area contributed by atoms with E-state index in [4.69, 9.17) is 46.4 Å². The summed E-state index contributed by atoms with van der Waals surface area (Å²) in [5.74, 6) is 0. The van der Waals surface area contributed by atoms with Crippen LogP contribution in [-0.2, 0) is 13.1 Å². The van der Waals surface area contributed by atoms with Crippen LogP contribution in [0.25, 0.3) is 0 Å². The van der Waals surface area contributed by atoms with Gasteiger partial charge in [0, 0.05) is 23.7 Å². The third-order valence-electron chi connectivity index (χ3n) is 4.62. The molecular formula is C16H23Cl4N2+. The number of quaternary nitrogens is 1. The van der Waals surface area contributed by atoms with E-state index in [9.17, 15) is 0 Å². The zero-order valence-corrected chi connectivity index (χ0v) is 16.3. The van der Waals surface area contributed by atoms with Crippen molar-refractivity contribution in [1.82, 2.24) is 5.32 Å². The predicted molar refractivity (Wildman–Crippen MR) is 97.3 cm³/mol. The summed E-state index contributed by atoms with van der Waals surface area (Å²) in [6.07, 6.45) is 2.31. The highest BCUT2D eigenvalue weighted by Crippen LogP contribution is 2.46. The fourth-order valence-corrected chi connectivity index (χ4v) is 4.20. The van der Waals surface area contributed by atoms with E-state index in [1.54, 1.807) is 0 Å². The maximum absolute atomic E-state index is 6.37. The van der Waals surface area contributed by atoms with E-state index in [1.807, 2.05) is 0 Å². The second-order valence-electron chi connectivity index (χ2n) is 6.34. The number of fused-ring (bicyclic) bond motifs is 1. The number of nitrogens with one attached hydrogen (secondary N) is 1. The second-order valence-corrected chi connectivity index (χ2v) is 7.85. The molecule has 1 aliphatic rings. The van der Waals surface area contributed by atoms with E-state index in [2.05, 4.69) is 26.2 Å². The van der Waals surface area contributed by atoms with Gasteiger partial charge in [-0.15, -0.1) is 0 Å². The van der Waals surface area contributed by atoms with Crippen LogP contribution in [0.1, 0.15) is 37.8 Å². The first-order chi connectivity index (χ1) is 10.3. The van der Waals surface area contributed by atoms with Crippen molar-refractivity contribution >= 4 is 46.4 Å². The minimum absolute atomic E-state index is 0.371. The largest absolute Gasteiger partial charge is 0.317 e. The smallest absolute Gasteiger partial charge is 0.107 e. The van der Waals surface area contributed by atoms with Crippen molar-refractivity contribution in [2.24, 2.45) is 0 Å². The lowest BCUT2D eigenvalue weighted by Crippen LogP contribution is -2.45. The average Bonchev–Trinajstić information content (AvgIpc) is 2.86. The van der Waals surface area contributed by atoms with Crippen LogP contribution >= 0.6 is 46.4 Å². The molecule has 0 atom stereocenters. The topological polar surface area (TPSA) is 12.0 Å². The highest BCUT2D eigenvalue weighted by molar-refractivity contribution is 6.52. The van der Waals surface area contributed by atoms with Crippen LogP contribution in [0, 0.1) is 0 Å². The van der Waals surface area contributed by atoms with Gasteiger partial charge >= 0.3 is 0 Å². The summed E-state index contributed by atoms with van der Waals surface area (Å²) in [7, 11) is 2.23. The summed E-state index contributed by atoms with van der Waals surface area (Å²) in [5, 5.41) is 5.47. The third-order valence-corrected chi connectivity index (χ3v) is 6.50. The Morgan fingerprint density at radius 3 is 1.77 bits per heavy atom. The highest BCUT2D eigenvalue weighted by atomic mass is 35.5. The standard InChI is InChI=1S/C16H23Cl4N2/c1-4-10(5-2)21-6-7-22(3)8-11-12(9-22)14(18)16(20)15(19)13(11)17/h10,21H,4-9H2,1-3H3/q+1. The quantitative estimate of drug-likeness (QED) is 0.385.